The first-order valence-corrected chi connectivity index (χ1v) is 9.35. The molecular formula is C16H22N4O4S. The Hall–Kier alpha value is -2.39. The predicted molar refractivity (Wildman–Crippen MR) is 93.2 cm³/mol. The average Bonchev–Trinajstić information content (AvgIpc) is 2.92. The minimum atomic E-state index is -3.66. The van der Waals surface area contributed by atoms with Crippen molar-refractivity contribution < 1.29 is 17.9 Å². The molecule has 8 nitrogen and oxygen atoms in total. The molecule has 0 aliphatic rings. The number of benzene rings is 1. The van der Waals surface area contributed by atoms with Gasteiger partial charge in [-0.1, -0.05) is 0 Å². The monoisotopic (exact) mass is 366 g/mol. The number of hydrogen-bond acceptors (Lipinski definition) is 5. The Kier molecular flexibility index (Phi) is 6.16. The van der Waals surface area contributed by atoms with Gasteiger partial charge in [-0.25, -0.2) is 13.1 Å². The van der Waals surface area contributed by atoms with Crippen LogP contribution in [0.4, 0.5) is 0 Å². The largest absolute Gasteiger partial charge is 0.494 e. The lowest BCUT2D eigenvalue weighted by Gasteiger charge is -2.09. The number of H-pyrrole nitrogens is 1. The van der Waals surface area contributed by atoms with Crippen molar-refractivity contribution in [2.24, 2.45) is 0 Å². The Bertz CT molecular complexity index is 809. The summed E-state index contributed by atoms with van der Waals surface area (Å²) in [6.07, 6.45) is 0. The number of aromatic amines is 1. The highest BCUT2D eigenvalue weighted by molar-refractivity contribution is 7.89. The third-order valence-corrected chi connectivity index (χ3v) is 5.18. The summed E-state index contributed by atoms with van der Waals surface area (Å²) in [5.41, 5.74) is 1.36. The van der Waals surface area contributed by atoms with Crippen LogP contribution in [-0.4, -0.2) is 44.2 Å². The summed E-state index contributed by atoms with van der Waals surface area (Å²) in [5.74, 6) is 0.413. The van der Waals surface area contributed by atoms with Gasteiger partial charge in [0.25, 0.3) is 5.91 Å². The molecule has 2 rings (SSSR count). The van der Waals surface area contributed by atoms with Crippen molar-refractivity contribution in [1.82, 2.24) is 20.2 Å². The van der Waals surface area contributed by atoms with E-state index in [9.17, 15) is 13.2 Å². The zero-order valence-corrected chi connectivity index (χ0v) is 15.2. The van der Waals surface area contributed by atoms with Crippen molar-refractivity contribution in [3.8, 4) is 5.75 Å². The van der Waals surface area contributed by atoms with E-state index in [-0.39, 0.29) is 23.9 Å². The first-order chi connectivity index (χ1) is 11.8. The number of amides is 1. The van der Waals surface area contributed by atoms with Gasteiger partial charge in [0.1, 0.15) is 10.6 Å². The van der Waals surface area contributed by atoms with Gasteiger partial charge in [-0.05, 0) is 45.0 Å². The second-order valence-corrected chi connectivity index (χ2v) is 7.08. The number of sulfonamides is 1. The SMILES string of the molecule is CCOc1ccc(C(=O)NCCNS(=O)(=O)c2c(C)n[nH]c2C)cc1. The molecule has 1 amide bonds. The maximum atomic E-state index is 12.3. The first-order valence-electron chi connectivity index (χ1n) is 7.87. The zero-order chi connectivity index (χ0) is 18.4. The van der Waals surface area contributed by atoms with Crippen LogP contribution >= 0.6 is 0 Å². The summed E-state index contributed by atoms with van der Waals surface area (Å²) in [5, 5.41) is 9.18. The standard InChI is InChI=1S/C16H22N4O4S/c1-4-24-14-7-5-13(6-8-14)16(21)17-9-10-18-25(22,23)15-11(2)19-20-12(15)3/h5-8,18H,4,9-10H2,1-3H3,(H,17,21)(H,19,20). The summed E-state index contributed by atoms with van der Waals surface area (Å²) in [7, 11) is -3.66. The molecule has 0 aliphatic heterocycles. The van der Waals surface area contributed by atoms with Crippen LogP contribution < -0.4 is 14.8 Å². The quantitative estimate of drug-likeness (QED) is 0.606. The number of rotatable bonds is 8. The molecule has 0 fully saturated rings. The third kappa shape index (κ3) is 4.80. The van der Waals surface area contributed by atoms with E-state index in [4.69, 9.17) is 4.74 Å². The topological polar surface area (TPSA) is 113 Å². The molecule has 9 heteroatoms. The maximum absolute atomic E-state index is 12.3. The highest BCUT2D eigenvalue weighted by Gasteiger charge is 2.21. The third-order valence-electron chi connectivity index (χ3n) is 3.46. The fourth-order valence-corrected chi connectivity index (χ4v) is 3.74. The lowest BCUT2D eigenvalue weighted by atomic mass is 10.2. The van der Waals surface area contributed by atoms with Crippen LogP contribution in [0.1, 0.15) is 28.7 Å². The number of nitrogens with zero attached hydrogens (tertiary/aromatic N) is 1. The van der Waals surface area contributed by atoms with Crippen molar-refractivity contribution in [3.63, 3.8) is 0 Å². The molecule has 0 unspecified atom stereocenters. The van der Waals surface area contributed by atoms with Crippen LogP contribution in [0.5, 0.6) is 5.75 Å². The molecule has 3 N–H and O–H groups in total. The van der Waals surface area contributed by atoms with E-state index in [1.165, 1.54) is 0 Å². The van der Waals surface area contributed by atoms with E-state index in [1.54, 1.807) is 38.1 Å². The van der Waals surface area contributed by atoms with Gasteiger partial charge in [-0.2, -0.15) is 5.10 Å². The fourth-order valence-electron chi connectivity index (χ4n) is 2.34. The number of aryl methyl sites for hydroxylation is 2. The van der Waals surface area contributed by atoms with Gasteiger partial charge >= 0.3 is 0 Å². The van der Waals surface area contributed by atoms with Gasteiger partial charge in [0.2, 0.25) is 10.0 Å². The number of aromatic nitrogens is 2. The summed E-state index contributed by atoms with van der Waals surface area (Å²) in [4.78, 5) is 12.2. The Morgan fingerprint density at radius 3 is 2.44 bits per heavy atom. The number of nitrogens with one attached hydrogen (secondary N) is 3. The van der Waals surface area contributed by atoms with Crippen molar-refractivity contribution in [2.45, 2.75) is 25.7 Å². The zero-order valence-electron chi connectivity index (χ0n) is 14.4. The minimum Gasteiger partial charge on any atom is -0.494 e. The minimum absolute atomic E-state index is 0.0785. The number of hydrogen-bond donors (Lipinski definition) is 3. The smallest absolute Gasteiger partial charge is 0.251 e. The van der Waals surface area contributed by atoms with Gasteiger partial charge < -0.3 is 10.1 Å². The van der Waals surface area contributed by atoms with E-state index in [0.717, 1.165) is 0 Å². The molecular weight excluding hydrogens is 344 g/mol. The van der Waals surface area contributed by atoms with Crippen molar-refractivity contribution >= 4 is 15.9 Å². The van der Waals surface area contributed by atoms with Crippen molar-refractivity contribution in [3.05, 3.63) is 41.2 Å². The van der Waals surface area contributed by atoms with Gasteiger partial charge in [0.05, 0.1) is 18.0 Å². The van der Waals surface area contributed by atoms with E-state index in [0.29, 0.717) is 29.3 Å². The molecule has 0 atom stereocenters. The lowest BCUT2D eigenvalue weighted by Crippen LogP contribution is -2.35. The van der Waals surface area contributed by atoms with Gasteiger partial charge in [0.15, 0.2) is 0 Å². The molecule has 1 heterocycles. The molecule has 136 valence electrons. The van der Waals surface area contributed by atoms with E-state index < -0.39 is 10.0 Å². The lowest BCUT2D eigenvalue weighted by molar-refractivity contribution is 0.0954. The van der Waals surface area contributed by atoms with Crippen LogP contribution in [0.2, 0.25) is 0 Å². The van der Waals surface area contributed by atoms with Gasteiger partial charge in [-0.15, -0.1) is 0 Å². The second kappa shape index (κ2) is 8.13. The van der Waals surface area contributed by atoms with Crippen LogP contribution in [-0.2, 0) is 10.0 Å². The number of carbonyl (C=O) groups excluding carboxylic acids is 1. The maximum Gasteiger partial charge on any atom is 0.251 e. The predicted octanol–water partition coefficient (Wildman–Crippen LogP) is 1.13. The van der Waals surface area contributed by atoms with E-state index in [1.807, 2.05) is 6.92 Å². The van der Waals surface area contributed by atoms with Crippen molar-refractivity contribution in [1.29, 1.82) is 0 Å². The Morgan fingerprint density at radius 2 is 1.88 bits per heavy atom. The van der Waals surface area contributed by atoms with E-state index >= 15 is 0 Å². The molecule has 2 aromatic rings. The highest BCUT2D eigenvalue weighted by Crippen LogP contribution is 2.15. The molecule has 0 saturated heterocycles. The molecule has 1 aromatic carbocycles. The second-order valence-electron chi connectivity index (χ2n) is 5.37. The summed E-state index contributed by atoms with van der Waals surface area (Å²) in [6, 6.07) is 6.74. The Labute approximate surface area is 147 Å². The van der Waals surface area contributed by atoms with Crippen LogP contribution in [0.15, 0.2) is 29.2 Å². The number of ether oxygens (including phenoxy) is 1. The molecule has 0 saturated carbocycles. The molecule has 0 spiro atoms. The molecule has 0 aliphatic carbocycles. The summed E-state index contributed by atoms with van der Waals surface area (Å²) < 4.78 is 32.3. The fraction of sp³-hybridized carbons (Fsp3) is 0.375. The van der Waals surface area contributed by atoms with Crippen LogP contribution in [0.25, 0.3) is 0 Å². The highest BCUT2D eigenvalue weighted by atomic mass is 32.2. The molecule has 1 aromatic heterocycles. The van der Waals surface area contributed by atoms with Crippen LogP contribution in [0, 0.1) is 13.8 Å². The number of carbonyl (C=O) groups is 1. The van der Waals surface area contributed by atoms with Gasteiger partial charge in [0, 0.05) is 18.7 Å². The molecule has 0 bridgehead atoms. The first kappa shape index (κ1) is 18.9. The Balaban J connectivity index is 1.85. The van der Waals surface area contributed by atoms with Crippen molar-refractivity contribution in [2.75, 3.05) is 19.7 Å². The Morgan fingerprint density at radius 1 is 1.20 bits per heavy atom. The average molecular weight is 366 g/mol. The summed E-state index contributed by atoms with van der Waals surface area (Å²) >= 11 is 0. The van der Waals surface area contributed by atoms with Gasteiger partial charge in [-0.3, -0.25) is 9.89 Å². The normalized spacial score (nSPS) is 11.3. The molecule has 25 heavy (non-hydrogen) atoms. The molecule has 0 radical (unpaired) electrons. The van der Waals surface area contributed by atoms with E-state index in [2.05, 4.69) is 20.2 Å². The summed E-state index contributed by atoms with van der Waals surface area (Å²) in [6.45, 7) is 5.94. The van der Waals surface area contributed by atoms with Crippen LogP contribution in [0.3, 0.4) is 0 Å².